The average molecular weight is 412 g/mol. The number of carbonyl (C=O) groups is 1. The van der Waals surface area contributed by atoms with E-state index in [4.69, 9.17) is 4.42 Å². The number of carbonyl (C=O) groups excluding carboxylic acids is 1. The summed E-state index contributed by atoms with van der Waals surface area (Å²) in [5.74, 6) is 0.0559. The quantitative estimate of drug-likeness (QED) is 0.356. The Balaban J connectivity index is 1.57. The first-order valence-corrected chi connectivity index (χ1v) is 9.82. The maximum absolute atomic E-state index is 12.2. The molecule has 1 amide bonds. The lowest BCUT2D eigenvalue weighted by molar-refractivity contribution is -0.384. The Morgan fingerprint density at radius 2 is 1.90 bits per heavy atom. The molecule has 0 fully saturated rings. The highest BCUT2D eigenvalue weighted by Gasteiger charge is 2.15. The minimum absolute atomic E-state index is 0.0488. The van der Waals surface area contributed by atoms with E-state index in [-0.39, 0.29) is 33.9 Å². The van der Waals surface area contributed by atoms with Gasteiger partial charge in [0, 0.05) is 23.4 Å². The van der Waals surface area contributed by atoms with Gasteiger partial charge in [0.2, 0.25) is 11.8 Å². The van der Waals surface area contributed by atoms with Crippen LogP contribution in [0.4, 0.5) is 11.4 Å². The highest BCUT2D eigenvalue weighted by Crippen LogP contribution is 2.26. The Labute approximate surface area is 171 Å². The lowest BCUT2D eigenvalue weighted by Crippen LogP contribution is -2.15. The maximum Gasteiger partial charge on any atom is 0.277 e. The fourth-order valence-corrected chi connectivity index (χ4v) is 3.08. The summed E-state index contributed by atoms with van der Waals surface area (Å²) in [6, 6.07) is 13.7. The molecule has 9 heteroatoms. The van der Waals surface area contributed by atoms with Crippen LogP contribution in [-0.2, 0) is 10.2 Å². The second kappa shape index (κ2) is 8.44. The van der Waals surface area contributed by atoms with Crippen molar-refractivity contribution >= 4 is 29.0 Å². The lowest BCUT2D eigenvalue weighted by atomic mass is 9.87. The number of nitro benzene ring substituents is 1. The topological polar surface area (TPSA) is 111 Å². The number of benzene rings is 2. The molecule has 1 N–H and O–H groups in total. The van der Waals surface area contributed by atoms with Gasteiger partial charge in [-0.05, 0) is 29.2 Å². The van der Waals surface area contributed by atoms with Crippen LogP contribution in [0.3, 0.4) is 0 Å². The summed E-state index contributed by atoms with van der Waals surface area (Å²) < 4.78 is 5.50. The van der Waals surface area contributed by atoms with E-state index >= 15 is 0 Å². The molecule has 0 unspecified atom stereocenters. The second-order valence-electron chi connectivity index (χ2n) is 7.34. The molecule has 1 heterocycles. The number of rotatable bonds is 6. The van der Waals surface area contributed by atoms with Crippen molar-refractivity contribution in [2.24, 2.45) is 0 Å². The molecule has 29 heavy (non-hydrogen) atoms. The van der Waals surface area contributed by atoms with Gasteiger partial charge in [0.05, 0.1) is 10.7 Å². The lowest BCUT2D eigenvalue weighted by Gasteiger charge is -2.19. The number of nitrogens with zero attached hydrogens (tertiary/aromatic N) is 3. The number of anilines is 1. The fraction of sp³-hybridized carbons (Fsp3) is 0.250. The number of hydrogen-bond acceptors (Lipinski definition) is 7. The molecule has 0 aliphatic rings. The average Bonchev–Trinajstić information content (AvgIpc) is 3.15. The number of nitrogens with one attached hydrogen (secondary N) is 1. The summed E-state index contributed by atoms with van der Waals surface area (Å²) >= 11 is 1.09. The second-order valence-corrected chi connectivity index (χ2v) is 8.27. The van der Waals surface area contributed by atoms with Crippen LogP contribution in [0.1, 0.15) is 26.3 Å². The standard InChI is InChI=1S/C20H20N4O4S/c1-20(2,3)14-7-9-15(10-8-14)21-17(25)12-29-19-23-22-18(28-19)13-5-4-6-16(11-13)24(26)27/h4-11H,12H2,1-3H3,(H,21,25). The van der Waals surface area contributed by atoms with Crippen LogP contribution >= 0.6 is 11.8 Å². The van der Waals surface area contributed by atoms with Gasteiger partial charge in [0.15, 0.2) is 0 Å². The van der Waals surface area contributed by atoms with E-state index in [2.05, 4.69) is 36.3 Å². The Kier molecular flexibility index (Phi) is 5.97. The third kappa shape index (κ3) is 5.41. The van der Waals surface area contributed by atoms with E-state index in [0.717, 1.165) is 11.8 Å². The van der Waals surface area contributed by atoms with Crippen LogP contribution in [-0.4, -0.2) is 26.8 Å². The van der Waals surface area contributed by atoms with E-state index in [1.165, 1.54) is 17.7 Å². The van der Waals surface area contributed by atoms with Crippen molar-refractivity contribution < 1.29 is 14.1 Å². The molecule has 2 aromatic carbocycles. The molecule has 0 spiro atoms. The van der Waals surface area contributed by atoms with Gasteiger partial charge in [-0.1, -0.05) is 50.7 Å². The van der Waals surface area contributed by atoms with E-state index in [0.29, 0.717) is 11.3 Å². The normalized spacial score (nSPS) is 11.3. The van der Waals surface area contributed by atoms with E-state index in [1.54, 1.807) is 12.1 Å². The maximum atomic E-state index is 12.2. The molecule has 0 saturated carbocycles. The van der Waals surface area contributed by atoms with Gasteiger partial charge in [0.1, 0.15) is 0 Å². The fourth-order valence-electron chi connectivity index (χ4n) is 2.52. The Bertz CT molecular complexity index is 1030. The summed E-state index contributed by atoms with van der Waals surface area (Å²) in [6.07, 6.45) is 0. The van der Waals surface area contributed by atoms with Crippen LogP contribution in [0.25, 0.3) is 11.5 Å². The van der Waals surface area contributed by atoms with E-state index in [1.807, 2.05) is 24.3 Å². The summed E-state index contributed by atoms with van der Waals surface area (Å²) in [5, 5.41) is 21.7. The minimum atomic E-state index is -0.492. The first-order valence-electron chi connectivity index (χ1n) is 8.84. The third-order valence-corrected chi connectivity index (χ3v) is 4.89. The van der Waals surface area contributed by atoms with Gasteiger partial charge < -0.3 is 9.73 Å². The Morgan fingerprint density at radius 1 is 1.17 bits per heavy atom. The number of non-ortho nitro benzene ring substituents is 1. The van der Waals surface area contributed by atoms with Crippen molar-refractivity contribution in [1.29, 1.82) is 0 Å². The predicted octanol–water partition coefficient (Wildman–Crippen LogP) is 4.67. The summed E-state index contributed by atoms with van der Waals surface area (Å²) in [5.41, 5.74) is 2.33. The number of thioether (sulfide) groups is 1. The van der Waals surface area contributed by atoms with Gasteiger partial charge in [-0.2, -0.15) is 0 Å². The minimum Gasteiger partial charge on any atom is -0.411 e. The molecule has 3 aromatic rings. The van der Waals surface area contributed by atoms with Crippen LogP contribution in [0, 0.1) is 10.1 Å². The third-order valence-electron chi connectivity index (χ3n) is 4.07. The zero-order valence-corrected chi connectivity index (χ0v) is 17.0. The van der Waals surface area contributed by atoms with Crippen LogP contribution in [0.2, 0.25) is 0 Å². The molecule has 3 rings (SSSR count). The number of nitro groups is 1. The molecule has 0 radical (unpaired) electrons. The summed E-state index contributed by atoms with van der Waals surface area (Å²) in [6.45, 7) is 6.39. The summed E-state index contributed by atoms with van der Waals surface area (Å²) in [4.78, 5) is 22.6. The monoisotopic (exact) mass is 412 g/mol. The van der Waals surface area contributed by atoms with Crippen LogP contribution in [0.15, 0.2) is 58.2 Å². The summed E-state index contributed by atoms with van der Waals surface area (Å²) in [7, 11) is 0. The Morgan fingerprint density at radius 3 is 2.55 bits per heavy atom. The molecule has 0 atom stereocenters. The van der Waals surface area contributed by atoms with E-state index < -0.39 is 4.92 Å². The van der Waals surface area contributed by atoms with Crippen molar-refractivity contribution in [2.75, 3.05) is 11.1 Å². The zero-order valence-electron chi connectivity index (χ0n) is 16.2. The van der Waals surface area contributed by atoms with Crippen LogP contribution < -0.4 is 5.32 Å². The van der Waals surface area contributed by atoms with Gasteiger partial charge in [-0.3, -0.25) is 14.9 Å². The molecule has 8 nitrogen and oxygen atoms in total. The molecule has 0 bridgehead atoms. The molecule has 150 valence electrons. The molecule has 0 aliphatic heterocycles. The smallest absolute Gasteiger partial charge is 0.277 e. The zero-order chi connectivity index (χ0) is 21.0. The Hall–Kier alpha value is -3.20. The predicted molar refractivity (Wildman–Crippen MR) is 111 cm³/mol. The van der Waals surface area contributed by atoms with Crippen molar-refractivity contribution in [3.63, 3.8) is 0 Å². The van der Waals surface area contributed by atoms with E-state index in [9.17, 15) is 14.9 Å². The highest BCUT2D eigenvalue weighted by atomic mass is 32.2. The van der Waals surface area contributed by atoms with Gasteiger partial charge >= 0.3 is 0 Å². The SMILES string of the molecule is CC(C)(C)c1ccc(NC(=O)CSc2nnc(-c3cccc([N+](=O)[O-])c3)o2)cc1. The molecule has 0 saturated heterocycles. The number of hydrogen-bond donors (Lipinski definition) is 1. The molecule has 1 aromatic heterocycles. The van der Waals surface area contributed by atoms with Gasteiger partial charge in [-0.15, -0.1) is 10.2 Å². The van der Waals surface area contributed by atoms with Crippen molar-refractivity contribution in [3.8, 4) is 11.5 Å². The van der Waals surface area contributed by atoms with Gasteiger partial charge in [-0.25, -0.2) is 0 Å². The van der Waals surface area contributed by atoms with Crippen molar-refractivity contribution in [3.05, 3.63) is 64.2 Å². The molecular formula is C20H20N4O4S. The van der Waals surface area contributed by atoms with Crippen molar-refractivity contribution in [1.82, 2.24) is 10.2 Å². The molecule has 0 aliphatic carbocycles. The highest BCUT2D eigenvalue weighted by molar-refractivity contribution is 7.99. The number of aromatic nitrogens is 2. The van der Waals surface area contributed by atoms with Gasteiger partial charge in [0.25, 0.3) is 10.9 Å². The largest absolute Gasteiger partial charge is 0.411 e. The van der Waals surface area contributed by atoms with Crippen molar-refractivity contribution in [2.45, 2.75) is 31.4 Å². The number of amides is 1. The molecular weight excluding hydrogens is 392 g/mol. The first kappa shape index (κ1) is 20.5. The first-order chi connectivity index (χ1) is 13.7. The van der Waals surface area contributed by atoms with Crippen LogP contribution in [0.5, 0.6) is 0 Å².